The summed E-state index contributed by atoms with van der Waals surface area (Å²) in [7, 11) is -2.19. The molecule has 112 valence electrons. The Labute approximate surface area is 118 Å². The molecule has 0 radical (unpaired) electrons. The van der Waals surface area contributed by atoms with E-state index in [1.165, 1.54) is 7.11 Å². The molecular weight excluding hydrogens is 282 g/mol. The highest BCUT2D eigenvalue weighted by Crippen LogP contribution is 2.29. The second-order valence-electron chi connectivity index (χ2n) is 5.04. The van der Waals surface area contributed by atoms with Gasteiger partial charge in [0.25, 0.3) is 0 Å². The Balaban J connectivity index is 2.43. The summed E-state index contributed by atoms with van der Waals surface area (Å²) >= 11 is 0. The van der Waals surface area contributed by atoms with Gasteiger partial charge in [-0.15, -0.1) is 0 Å². The Morgan fingerprint density at radius 2 is 1.70 bits per heavy atom. The van der Waals surface area contributed by atoms with Crippen LogP contribution in [0.4, 0.5) is 0 Å². The first kappa shape index (κ1) is 15.2. The molecule has 1 aliphatic heterocycles. The Morgan fingerprint density at radius 1 is 1.15 bits per heavy atom. The van der Waals surface area contributed by atoms with Gasteiger partial charge in [0, 0.05) is 13.1 Å². The van der Waals surface area contributed by atoms with Gasteiger partial charge in [0.1, 0.15) is 5.75 Å². The van der Waals surface area contributed by atoms with E-state index in [9.17, 15) is 18.6 Å². The average molecular weight is 301 g/mol. The zero-order valence-corrected chi connectivity index (χ0v) is 12.5. The monoisotopic (exact) mass is 301 g/mol. The number of benzene rings is 1. The maximum atomic E-state index is 12.6. The average Bonchev–Trinajstić information content (AvgIpc) is 2.72. The minimum absolute atomic E-state index is 0.0893. The van der Waals surface area contributed by atoms with Gasteiger partial charge in [-0.3, -0.25) is 0 Å². The number of β-amino-alcohol motifs (C(OH)–C–C–N with tert-alkyl or cyclic N) is 2. The van der Waals surface area contributed by atoms with Crippen LogP contribution in [0.15, 0.2) is 17.0 Å². The number of aliphatic hydroxyl groups is 2. The van der Waals surface area contributed by atoms with Crippen LogP contribution < -0.4 is 4.74 Å². The van der Waals surface area contributed by atoms with Gasteiger partial charge in [-0.25, -0.2) is 8.42 Å². The summed E-state index contributed by atoms with van der Waals surface area (Å²) < 4.78 is 31.4. The van der Waals surface area contributed by atoms with Crippen molar-refractivity contribution in [2.45, 2.75) is 31.0 Å². The molecule has 0 spiro atoms. The number of hydrogen-bond donors (Lipinski definition) is 2. The molecule has 0 amide bonds. The Hall–Kier alpha value is -1.15. The molecule has 6 nitrogen and oxygen atoms in total. The first-order valence-electron chi connectivity index (χ1n) is 6.29. The molecule has 7 heteroatoms. The van der Waals surface area contributed by atoms with Crippen molar-refractivity contribution in [1.29, 1.82) is 0 Å². The topological polar surface area (TPSA) is 87.1 Å². The van der Waals surface area contributed by atoms with Crippen molar-refractivity contribution in [1.82, 2.24) is 4.31 Å². The Bertz CT molecular complexity index is 603. The van der Waals surface area contributed by atoms with Gasteiger partial charge in [-0.05, 0) is 37.1 Å². The van der Waals surface area contributed by atoms with Crippen molar-refractivity contribution in [3.63, 3.8) is 0 Å². The van der Waals surface area contributed by atoms with E-state index in [4.69, 9.17) is 4.74 Å². The summed E-state index contributed by atoms with van der Waals surface area (Å²) in [6, 6.07) is 3.23. The van der Waals surface area contributed by atoms with Crippen molar-refractivity contribution in [3.8, 4) is 5.75 Å². The maximum absolute atomic E-state index is 12.6. The number of aliphatic hydroxyl groups excluding tert-OH is 2. The number of nitrogens with zero attached hydrogens (tertiary/aromatic N) is 1. The van der Waals surface area contributed by atoms with Crippen LogP contribution in [0.25, 0.3) is 0 Å². The van der Waals surface area contributed by atoms with Gasteiger partial charge in [-0.1, -0.05) is 0 Å². The highest BCUT2D eigenvalue weighted by atomic mass is 32.2. The van der Waals surface area contributed by atoms with Crippen molar-refractivity contribution >= 4 is 10.0 Å². The lowest BCUT2D eigenvalue weighted by Crippen LogP contribution is -2.30. The molecule has 20 heavy (non-hydrogen) atoms. The fourth-order valence-electron chi connectivity index (χ4n) is 2.33. The van der Waals surface area contributed by atoms with E-state index >= 15 is 0 Å². The molecule has 0 unspecified atom stereocenters. The van der Waals surface area contributed by atoms with Crippen LogP contribution in [0.1, 0.15) is 11.1 Å². The van der Waals surface area contributed by atoms with Gasteiger partial charge in [0.2, 0.25) is 10.0 Å². The van der Waals surface area contributed by atoms with Crippen LogP contribution in [0.3, 0.4) is 0 Å². The molecule has 1 aliphatic rings. The first-order chi connectivity index (χ1) is 9.27. The van der Waals surface area contributed by atoms with Crippen molar-refractivity contribution in [2.75, 3.05) is 20.2 Å². The van der Waals surface area contributed by atoms with E-state index in [1.54, 1.807) is 26.0 Å². The quantitative estimate of drug-likeness (QED) is 0.823. The summed E-state index contributed by atoms with van der Waals surface area (Å²) in [5, 5.41) is 19.0. The highest BCUT2D eigenvalue weighted by molar-refractivity contribution is 7.89. The van der Waals surface area contributed by atoms with Crippen molar-refractivity contribution < 1.29 is 23.4 Å². The minimum Gasteiger partial charge on any atom is -0.496 e. The third-order valence-electron chi connectivity index (χ3n) is 3.54. The molecule has 2 atom stereocenters. The predicted molar refractivity (Wildman–Crippen MR) is 73.2 cm³/mol. The number of aryl methyl sites for hydroxylation is 2. The Morgan fingerprint density at radius 3 is 2.20 bits per heavy atom. The third kappa shape index (κ3) is 2.54. The lowest BCUT2D eigenvalue weighted by atomic mass is 10.1. The van der Waals surface area contributed by atoms with Crippen LogP contribution >= 0.6 is 0 Å². The summed E-state index contributed by atoms with van der Waals surface area (Å²) in [5.74, 6) is 0.628. The number of hydrogen-bond acceptors (Lipinski definition) is 5. The van der Waals surface area contributed by atoms with Gasteiger partial charge < -0.3 is 14.9 Å². The fourth-order valence-corrected chi connectivity index (χ4v) is 4.10. The zero-order valence-electron chi connectivity index (χ0n) is 11.7. The number of rotatable bonds is 3. The number of methoxy groups -OCH3 is 1. The van der Waals surface area contributed by atoms with E-state index < -0.39 is 22.2 Å². The predicted octanol–water partition coefficient (Wildman–Crippen LogP) is 0.0381. The maximum Gasteiger partial charge on any atom is 0.243 e. The van der Waals surface area contributed by atoms with Crippen LogP contribution in [0.2, 0.25) is 0 Å². The summed E-state index contributed by atoms with van der Waals surface area (Å²) in [6.45, 7) is 3.28. The van der Waals surface area contributed by atoms with Crippen LogP contribution in [0.5, 0.6) is 5.75 Å². The van der Waals surface area contributed by atoms with Gasteiger partial charge in [0.15, 0.2) is 0 Å². The van der Waals surface area contributed by atoms with Gasteiger partial charge >= 0.3 is 0 Å². The largest absolute Gasteiger partial charge is 0.496 e. The summed E-state index contributed by atoms with van der Waals surface area (Å²) in [4.78, 5) is 0.178. The standard InChI is InChI=1S/C13H19NO5S/c1-8-5-13(9(2)4-12(8)19-3)20(17,18)14-6-10(15)11(16)7-14/h4-5,10-11,15-16H,6-7H2,1-3H3/t10-,11+. The van der Waals surface area contributed by atoms with E-state index in [-0.39, 0.29) is 18.0 Å². The van der Waals surface area contributed by atoms with Crippen molar-refractivity contribution in [2.24, 2.45) is 0 Å². The fraction of sp³-hybridized carbons (Fsp3) is 0.538. The molecule has 0 aliphatic carbocycles. The zero-order chi connectivity index (χ0) is 15.1. The highest BCUT2D eigenvalue weighted by Gasteiger charge is 2.38. The molecular formula is C13H19NO5S. The molecule has 1 aromatic rings. The second kappa shape index (κ2) is 5.33. The van der Waals surface area contributed by atoms with Crippen LogP contribution in [0, 0.1) is 13.8 Å². The molecule has 0 saturated carbocycles. The second-order valence-corrected chi connectivity index (χ2v) is 6.95. The lowest BCUT2D eigenvalue weighted by Gasteiger charge is -2.18. The molecule has 1 aromatic carbocycles. The minimum atomic E-state index is -3.72. The number of sulfonamides is 1. The molecule has 0 aromatic heterocycles. The summed E-state index contributed by atoms with van der Waals surface area (Å²) in [5.41, 5.74) is 1.29. The molecule has 2 N–H and O–H groups in total. The van der Waals surface area contributed by atoms with Gasteiger partial charge in [-0.2, -0.15) is 4.31 Å². The SMILES string of the molecule is COc1cc(C)c(S(=O)(=O)N2C[C@@H](O)[C@@H](O)C2)cc1C. The lowest BCUT2D eigenvalue weighted by molar-refractivity contribution is 0.0572. The number of ether oxygens (including phenoxy) is 1. The molecule has 1 fully saturated rings. The van der Waals surface area contributed by atoms with Crippen LogP contribution in [-0.4, -0.2) is 55.3 Å². The summed E-state index contributed by atoms with van der Waals surface area (Å²) in [6.07, 6.45) is -2.08. The molecule has 1 saturated heterocycles. The first-order valence-corrected chi connectivity index (χ1v) is 7.73. The van der Waals surface area contributed by atoms with E-state index in [2.05, 4.69) is 0 Å². The van der Waals surface area contributed by atoms with E-state index in [0.717, 1.165) is 9.87 Å². The third-order valence-corrected chi connectivity index (χ3v) is 5.51. The smallest absolute Gasteiger partial charge is 0.243 e. The van der Waals surface area contributed by atoms with E-state index in [1.807, 2.05) is 0 Å². The van der Waals surface area contributed by atoms with Crippen molar-refractivity contribution in [3.05, 3.63) is 23.3 Å². The van der Waals surface area contributed by atoms with E-state index in [0.29, 0.717) is 11.3 Å². The molecule has 2 rings (SSSR count). The molecule has 0 bridgehead atoms. The normalized spacial score (nSPS) is 24.1. The van der Waals surface area contributed by atoms with Crippen LogP contribution in [-0.2, 0) is 10.0 Å². The van der Waals surface area contributed by atoms with Gasteiger partial charge in [0.05, 0.1) is 24.2 Å². The molecule has 1 heterocycles. The Kier molecular flexibility index (Phi) is 4.06.